The van der Waals surface area contributed by atoms with Crippen molar-refractivity contribution in [2.24, 2.45) is 0 Å². The lowest BCUT2D eigenvalue weighted by atomic mass is 10.0. The van der Waals surface area contributed by atoms with E-state index in [4.69, 9.17) is 0 Å². The van der Waals surface area contributed by atoms with Crippen LogP contribution in [0.5, 0.6) is 0 Å². The second-order valence-corrected chi connectivity index (χ2v) is 4.35. The van der Waals surface area contributed by atoms with E-state index >= 15 is 0 Å². The van der Waals surface area contributed by atoms with E-state index in [1.165, 1.54) is 22.3 Å². The number of rotatable bonds is 1. The van der Waals surface area contributed by atoms with Crippen LogP contribution in [-0.2, 0) is 0 Å². The van der Waals surface area contributed by atoms with Gasteiger partial charge in [0.2, 0.25) is 0 Å². The molecule has 0 bridgehead atoms. The molecule has 0 amide bonds. The second-order valence-electron chi connectivity index (χ2n) is 4.35. The molecule has 110 valence electrons. The van der Waals surface area contributed by atoms with Crippen LogP contribution in [-0.4, -0.2) is 0 Å². The first-order valence-corrected chi connectivity index (χ1v) is 7.86. The first kappa shape index (κ1) is 18.4. The normalized spacial score (nSPS) is 16.9. The van der Waals surface area contributed by atoms with Crippen molar-refractivity contribution in [1.29, 1.82) is 0 Å². The van der Waals surface area contributed by atoms with Crippen molar-refractivity contribution in [3.63, 3.8) is 0 Å². The van der Waals surface area contributed by atoms with Gasteiger partial charge in [0.25, 0.3) is 0 Å². The average Bonchev–Trinajstić information content (AvgIpc) is 2.83. The van der Waals surface area contributed by atoms with Crippen LogP contribution in [0.15, 0.2) is 70.9 Å². The Balaban J connectivity index is 0.000000829. The molecule has 0 nitrogen and oxygen atoms in total. The van der Waals surface area contributed by atoms with Crippen LogP contribution in [0.2, 0.25) is 0 Å². The first-order chi connectivity index (χ1) is 9.75. The average molecular weight is 270 g/mol. The zero-order valence-electron chi connectivity index (χ0n) is 14.0. The fourth-order valence-corrected chi connectivity index (χ4v) is 1.89. The van der Waals surface area contributed by atoms with Crippen LogP contribution in [0.4, 0.5) is 0 Å². The molecule has 0 spiro atoms. The Bertz CT molecular complexity index is 404. The van der Waals surface area contributed by atoms with E-state index in [1.807, 2.05) is 27.7 Å². The van der Waals surface area contributed by atoms with Crippen molar-refractivity contribution in [1.82, 2.24) is 0 Å². The molecule has 0 saturated heterocycles. The minimum atomic E-state index is 1.03. The van der Waals surface area contributed by atoms with Gasteiger partial charge in [-0.25, -0.2) is 0 Å². The SMILES string of the molecule is CC.CC.CC1=CCC=C(C2=CCC=C(C)C=C2)C=C1. The standard InChI is InChI=1S/C16H18.2C2H6/c1-13-5-3-7-15(11-9-13)16-8-4-6-14(2)10-12-16;2*1-2/h5-12H,3-4H2,1-2H3;2*1-2H3. The molecule has 0 aromatic heterocycles. The zero-order chi connectivity index (χ0) is 15.4. The molecular weight excluding hydrogens is 240 g/mol. The van der Waals surface area contributed by atoms with Gasteiger partial charge in [0.05, 0.1) is 0 Å². The topological polar surface area (TPSA) is 0 Å². The van der Waals surface area contributed by atoms with Gasteiger partial charge in [-0.1, -0.05) is 87.4 Å². The highest BCUT2D eigenvalue weighted by atomic mass is 14.1. The molecular formula is C20H30. The van der Waals surface area contributed by atoms with Crippen LogP contribution < -0.4 is 0 Å². The highest BCUT2D eigenvalue weighted by molar-refractivity contribution is 5.51. The molecule has 0 aromatic carbocycles. The molecule has 0 radical (unpaired) electrons. The van der Waals surface area contributed by atoms with Crippen molar-refractivity contribution in [2.75, 3.05) is 0 Å². The highest BCUT2D eigenvalue weighted by Gasteiger charge is 2.02. The van der Waals surface area contributed by atoms with Gasteiger partial charge in [0, 0.05) is 0 Å². The van der Waals surface area contributed by atoms with Crippen LogP contribution in [0, 0.1) is 0 Å². The minimum absolute atomic E-state index is 1.03. The number of hydrogen-bond acceptors (Lipinski definition) is 0. The maximum Gasteiger partial charge on any atom is -0.0154 e. The van der Waals surface area contributed by atoms with E-state index in [0.717, 1.165) is 12.8 Å². The molecule has 2 aliphatic carbocycles. The van der Waals surface area contributed by atoms with Crippen LogP contribution in [0.1, 0.15) is 54.4 Å². The third kappa shape index (κ3) is 6.56. The maximum atomic E-state index is 2.30. The lowest BCUT2D eigenvalue weighted by Gasteiger charge is -2.01. The van der Waals surface area contributed by atoms with Crippen LogP contribution >= 0.6 is 0 Å². The summed E-state index contributed by atoms with van der Waals surface area (Å²) in [5.74, 6) is 0. The molecule has 0 aromatic rings. The van der Waals surface area contributed by atoms with Gasteiger partial charge >= 0.3 is 0 Å². The molecule has 20 heavy (non-hydrogen) atoms. The largest absolute Gasteiger partial charge is 0.0778 e. The van der Waals surface area contributed by atoms with Gasteiger partial charge in [-0.15, -0.1) is 0 Å². The fraction of sp³-hybridized carbons (Fsp3) is 0.400. The van der Waals surface area contributed by atoms with E-state index in [2.05, 4.69) is 62.5 Å². The first-order valence-electron chi connectivity index (χ1n) is 7.86. The molecule has 0 aliphatic heterocycles. The summed E-state index contributed by atoms with van der Waals surface area (Å²) in [5, 5.41) is 0. The van der Waals surface area contributed by atoms with Crippen LogP contribution in [0.3, 0.4) is 0 Å². The fourth-order valence-electron chi connectivity index (χ4n) is 1.89. The lowest BCUT2D eigenvalue weighted by molar-refractivity contribution is 1.31. The Hall–Kier alpha value is -1.56. The summed E-state index contributed by atoms with van der Waals surface area (Å²) in [6, 6.07) is 0. The van der Waals surface area contributed by atoms with Crippen molar-refractivity contribution < 1.29 is 0 Å². The van der Waals surface area contributed by atoms with Gasteiger partial charge in [0.15, 0.2) is 0 Å². The molecule has 0 saturated carbocycles. The smallest absolute Gasteiger partial charge is 0.0154 e. The van der Waals surface area contributed by atoms with Crippen LogP contribution in [0.25, 0.3) is 0 Å². The Morgan fingerprint density at radius 3 is 1.25 bits per heavy atom. The van der Waals surface area contributed by atoms with Crippen molar-refractivity contribution >= 4 is 0 Å². The summed E-state index contributed by atoms with van der Waals surface area (Å²) in [7, 11) is 0. The Kier molecular flexibility index (Phi) is 10.4. The Morgan fingerprint density at radius 1 is 0.550 bits per heavy atom. The Labute approximate surface area is 126 Å². The van der Waals surface area contributed by atoms with E-state index in [9.17, 15) is 0 Å². The van der Waals surface area contributed by atoms with E-state index < -0.39 is 0 Å². The van der Waals surface area contributed by atoms with E-state index in [0.29, 0.717) is 0 Å². The molecule has 2 rings (SSSR count). The molecule has 0 heterocycles. The summed E-state index contributed by atoms with van der Waals surface area (Å²) in [6.07, 6.45) is 20.0. The summed E-state index contributed by atoms with van der Waals surface area (Å²) >= 11 is 0. The third-order valence-corrected chi connectivity index (χ3v) is 2.94. The third-order valence-electron chi connectivity index (χ3n) is 2.94. The van der Waals surface area contributed by atoms with Crippen molar-refractivity contribution in [3.05, 3.63) is 70.9 Å². The van der Waals surface area contributed by atoms with Gasteiger partial charge in [-0.2, -0.15) is 0 Å². The van der Waals surface area contributed by atoms with Gasteiger partial charge in [-0.3, -0.25) is 0 Å². The second kappa shape index (κ2) is 11.3. The predicted molar refractivity (Wildman–Crippen MR) is 93.9 cm³/mol. The van der Waals surface area contributed by atoms with Crippen molar-refractivity contribution in [3.8, 4) is 0 Å². The molecule has 2 aliphatic rings. The monoisotopic (exact) mass is 270 g/mol. The molecule has 0 fully saturated rings. The molecule has 0 atom stereocenters. The summed E-state index contributed by atoms with van der Waals surface area (Å²) in [5.41, 5.74) is 5.37. The molecule has 0 N–H and O–H groups in total. The molecule has 0 heteroatoms. The highest BCUT2D eigenvalue weighted by Crippen LogP contribution is 2.21. The lowest BCUT2D eigenvalue weighted by Crippen LogP contribution is -1.82. The minimum Gasteiger partial charge on any atom is -0.0778 e. The summed E-state index contributed by atoms with van der Waals surface area (Å²) in [6.45, 7) is 12.3. The maximum absolute atomic E-state index is 2.30. The number of allylic oxidation sites excluding steroid dienone is 12. The van der Waals surface area contributed by atoms with Gasteiger partial charge in [-0.05, 0) is 37.8 Å². The summed E-state index contributed by atoms with van der Waals surface area (Å²) < 4.78 is 0. The van der Waals surface area contributed by atoms with Crippen molar-refractivity contribution in [2.45, 2.75) is 54.4 Å². The van der Waals surface area contributed by atoms with Gasteiger partial charge in [0.1, 0.15) is 0 Å². The Morgan fingerprint density at radius 2 is 0.900 bits per heavy atom. The summed E-state index contributed by atoms with van der Waals surface area (Å²) in [4.78, 5) is 0. The van der Waals surface area contributed by atoms with Gasteiger partial charge < -0.3 is 0 Å². The van der Waals surface area contributed by atoms with E-state index in [1.54, 1.807) is 0 Å². The molecule has 0 unspecified atom stereocenters. The van der Waals surface area contributed by atoms with E-state index in [-0.39, 0.29) is 0 Å². The predicted octanol–water partition coefficient (Wildman–Crippen LogP) is 6.70. The zero-order valence-corrected chi connectivity index (χ0v) is 14.0. The quantitative estimate of drug-likeness (QED) is 0.497. The number of hydrogen-bond donors (Lipinski definition) is 0.